The molecule has 0 aliphatic carbocycles. The molecule has 1 aliphatic rings. The lowest BCUT2D eigenvalue weighted by Crippen LogP contribution is -2.43. The summed E-state index contributed by atoms with van der Waals surface area (Å²) in [5, 5.41) is 4.12. The van der Waals surface area contributed by atoms with Gasteiger partial charge in [-0.05, 0) is 42.7 Å². The maximum absolute atomic E-state index is 14.5. The van der Waals surface area contributed by atoms with Gasteiger partial charge in [0.25, 0.3) is 5.91 Å². The molecule has 1 atom stereocenters. The second-order valence-electron chi connectivity index (χ2n) is 9.03. The zero-order valence-electron chi connectivity index (χ0n) is 20.0. The number of carbonyl (C=O) groups excluding carboxylic acids is 1. The molecule has 3 aromatic heterocycles. The molecular formula is C27H23Cl2FN6OS. The van der Waals surface area contributed by atoms with Gasteiger partial charge in [0.15, 0.2) is 0 Å². The summed E-state index contributed by atoms with van der Waals surface area (Å²) in [6, 6.07) is 13.5. The van der Waals surface area contributed by atoms with Crippen LogP contribution < -0.4 is 16.0 Å². The molecule has 5 aromatic rings. The van der Waals surface area contributed by atoms with E-state index in [2.05, 4.69) is 25.2 Å². The highest BCUT2D eigenvalue weighted by molar-refractivity contribution is 7.16. The van der Waals surface area contributed by atoms with Crippen molar-refractivity contribution in [1.82, 2.24) is 15.0 Å². The largest absolute Gasteiger partial charge is 0.366 e. The van der Waals surface area contributed by atoms with Crippen LogP contribution in [0.25, 0.3) is 32.4 Å². The predicted octanol–water partition coefficient (Wildman–Crippen LogP) is 6.30. The number of anilines is 2. The van der Waals surface area contributed by atoms with Crippen molar-refractivity contribution in [2.75, 3.05) is 23.3 Å². The van der Waals surface area contributed by atoms with Crippen LogP contribution >= 0.6 is 35.3 Å². The van der Waals surface area contributed by atoms with E-state index in [-0.39, 0.29) is 30.0 Å². The van der Waals surface area contributed by atoms with Crippen LogP contribution in [-0.4, -0.2) is 40.0 Å². The number of carbonyl (C=O) groups is 1. The minimum absolute atomic E-state index is 0. The Morgan fingerprint density at radius 2 is 2.03 bits per heavy atom. The number of hydrogen-bond donors (Lipinski definition) is 2. The maximum atomic E-state index is 14.5. The van der Waals surface area contributed by atoms with E-state index in [0.29, 0.717) is 33.9 Å². The third kappa shape index (κ3) is 4.90. The fourth-order valence-corrected chi connectivity index (χ4v) is 5.69. The lowest BCUT2D eigenvalue weighted by molar-refractivity contribution is 0.102. The summed E-state index contributed by atoms with van der Waals surface area (Å²) in [4.78, 5) is 29.9. The fraction of sp³-hybridized carbons (Fsp3) is 0.185. The monoisotopic (exact) mass is 568 g/mol. The first kappa shape index (κ1) is 26.2. The summed E-state index contributed by atoms with van der Waals surface area (Å²) in [5.41, 5.74) is 11.8. The van der Waals surface area contributed by atoms with Crippen molar-refractivity contribution >= 4 is 73.9 Å². The average Bonchev–Trinajstić information content (AvgIpc) is 3.37. The zero-order chi connectivity index (χ0) is 25.5. The van der Waals surface area contributed by atoms with Crippen molar-refractivity contribution in [3.05, 3.63) is 76.8 Å². The van der Waals surface area contributed by atoms with Crippen LogP contribution in [0.3, 0.4) is 0 Å². The van der Waals surface area contributed by atoms with Crippen molar-refractivity contribution < 1.29 is 9.18 Å². The molecule has 0 radical (unpaired) electrons. The van der Waals surface area contributed by atoms with Gasteiger partial charge in [0.05, 0.1) is 33.6 Å². The van der Waals surface area contributed by atoms with Gasteiger partial charge in [-0.25, -0.2) is 19.3 Å². The highest BCUT2D eigenvalue weighted by Crippen LogP contribution is 2.36. The summed E-state index contributed by atoms with van der Waals surface area (Å²) >= 11 is 7.71. The molecule has 38 heavy (non-hydrogen) atoms. The van der Waals surface area contributed by atoms with Crippen molar-refractivity contribution in [3.63, 3.8) is 0 Å². The van der Waals surface area contributed by atoms with E-state index in [9.17, 15) is 9.18 Å². The predicted molar refractivity (Wildman–Crippen MR) is 154 cm³/mol. The number of pyridine rings is 2. The number of rotatable bonds is 4. The van der Waals surface area contributed by atoms with Crippen LogP contribution in [-0.2, 0) is 0 Å². The Morgan fingerprint density at radius 3 is 2.84 bits per heavy atom. The third-order valence-electron chi connectivity index (χ3n) is 6.54. The first-order chi connectivity index (χ1) is 18.0. The smallest absolute Gasteiger partial charge is 0.274 e. The Morgan fingerprint density at radius 1 is 1.18 bits per heavy atom. The molecule has 1 amide bonds. The van der Waals surface area contributed by atoms with E-state index in [1.54, 1.807) is 42.0 Å². The number of piperidine rings is 1. The van der Waals surface area contributed by atoms with Gasteiger partial charge < -0.3 is 16.0 Å². The Kier molecular flexibility index (Phi) is 7.45. The first-order valence-corrected chi connectivity index (χ1v) is 13.1. The van der Waals surface area contributed by atoms with Crippen LogP contribution in [0.4, 0.5) is 15.8 Å². The average molecular weight is 569 g/mol. The number of nitrogens with two attached hydrogens (primary N) is 1. The summed E-state index contributed by atoms with van der Waals surface area (Å²) < 4.78 is 14.5. The van der Waals surface area contributed by atoms with E-state index >= 15 is 0 Å². The zero-order valence-corrected chi connectivity index (χ0v) is 22.4. The number of nitrogens with one attached hydrogen (secondary N) is 1. The van der Waals surface area contributed by atoms with Crippen LogP contribution in [0, 0.1) is 5.82 Å². The van der Waals surface area contributed by atoms with Gasteiger partial charge in [0.1, 0.15) is 21.9 Å². The topological polar surface area (TPSA) is 97.0 Å². The van der Waals surface area contributed by atoms with Crippen LogP contribution in [0.5, 0.6) is 0 Å². The Labute approximate surface area is 233 Å². The Hall–Kier alpha value is -3.37. The summed E-state index contributed by atoms with van der Waals surface area (Å²) in [5.74, 6) is -0.800. The summed E-state index contributed by atoms with van der Waals surface area (Å²) in [6.07, 6.45) is 3.58. The number of fused-ring (bicyclic) bond motifs is 2. The van der Waals surface area contributed by atoms with Crippen LogP contribution in [0.2, 0.25) is 5.02 Å². The standard InChI is InChI=1S/C27H22ClFN6OS.ClH/c28-18-4-1-5-19(29)23(18)16-7-6-15-8-9-20(33-21(15)11-16)26(36)34-22-12-31-27-24(32-14-37-27)25(22)35-10-2-3-17(30)13-35;/h1,4-9,11-12,14,17H,2-3,10,13,30H2,(H,34,36);1H/t17-;/m0./s1. The second kappa shape index (κ2) is 10.8. The molecule has 4 heterocycles. The van der Waals surface area contributed by atoms with E-state index in [1.807, 2.05) is 12.1 Å². The molecule has 1 saturated heterocycles. The lowest BCUT2D eigenvalue weighted by atomic mass is 10.0. The van der Waals surface area contributed by atoms with Crippen molar-refractivity contribution in [2.24, 2.45) is 5.73 Å². The molecular weight excluding hydrogens is 546 g/mol. The fourth-order valence-electron chi connectivity index (χ4n) is 4.79. The molecule has 7 nitrogen and oxygen atoms in total. The number of hydrogen-bond acceptors (Lipinski definition) is 7. The molecule has 0 unspecified atom stereocenters. The Bertz CT molecular complexity index is 1640. The molecule has 11 heteroatoms. The van der Waals surface area contributed by atoms with Gasteiger partial charge >= 0.3 is 0 Å². The molecule has 1 fully saturated rings. The van der Waals surface area contributed by atoms with Gasteiger partial charge in [0, 0.05) is 30.1 Å². The lowest BCUT2D eigenvalue weighted by Gasteiger charge is -2.33. The molecule has 194 valence electrons. The van der Waals surface area contributed by atoms with Gasteiger partial charge in [-0.15, -0.1) is 23.7 Å². The molecule has 6 rings (SSSR count). The number of thiazole rings is 1. The number of halogens is 3. The first-order valence-electron chi connectivity index (χ1n) is 11.9. The highest BCUT2D eigenvalue weighted by Gasteiger charge is 2.24. The van der Waals surface area contributed by atoms with Gasteiger partial charge in [-0.3, -0.25) is 4.79 Å². The van der Waals surface area contributed by atoms with E-state index in [1.165, 1.54) is 17.4 Å². The van der Waals surface area contributed by atoms with Crippen LogP contribution in [0.15, 0.2) is 60.2 Å². The molecule has 0 saturated carbocycles. The van der Waals surface area contributed by atoms with Crippen molar-refractivity contribution in [2.45, 2.75) is 18.9 Å². The molecule has 1 aliphatic heterocycles. The van der Waals surface area contributed by atoms with Crippen molar-refractivity contribution in [3.8, 4) is 11.1 Å². The third-order valence-corrected chi connectivity index (χ3v) is 7.59. The Balaban J connectivity index is 0.00000294. The van der Waals surface area contributed by atoms with Gasteiger partial charge in [0.2, 0.25) is 0 Å². The number of benzene rings is 2. The number of amides is 1. The number of nitrogens with zero attached hydrogens (tertiary/aromatic N) is 4. The molecule has 2 aromatic carbocycles. The van der Waals surface area contributed by atoms with Gasteiger partial charge in [-0.1, -0.05) is 35.9 Å². The van der Waals surface area contributed by atoms with E-state index in [4.69, 9.17) is 17.3 Å². The van der Waals surface area contributed by atoms with E-state index < -0.39 is 5.82 Å². The van der Waals surface area contributed by atoms with Gasteiger partial charge in [-0.2, -0.15) is 0 Å². The number of aromatic nitrogens is 3. The normalized spacial score (nSPS) is 15.4. The summed E-state index contributed by atoms with van der Waals surface area (Å²) in [6.45, 7) is 1.50. The quantitative estimate of drug-likeness (QED) is 0.264. The minimum atomic E-state index is -0.421. The summed E-state index contributed by atoms with van der Waals surface area (Å²) in [7, 11) is 0. The highest BCUT2D eigenvalue weighted by atomic mass is 35.5. The SMILES string of the molecule is Cl.N[C@H]1CCCN(c2c(NC(=O)c3ccc4ccc(-c5c(F)cccc5Cl)cc4n3)cnc3scnc23)C1. The second-order valence-corrected chi connectivity index (χ2v) is 10.3. The molecule has 3 N–H and O–H groups in total. The van der Waals surface area contributed by atoms with Crippen LogP contribution in [0.1, 0.15) is 23.3 Å². The van der Waals surface area contributed by atoms with Crippen molar-refractivity contribution in [1.29, 1.82) is 0 Å². The minimum Gasteiger partial charge on any atom is -0.366 e. The molecule has 0 spiro atoms. The maximum Gasteiger partial charge on any atom is 0.274 e. The van der Waals surface area contributed by atoms with E-state index in [0.717, 1.165) is 40.8 Å². The molecule has 0 bridgehead atoms.